The van der Waals surface area contributed by atoms with E-state index >= 15 is 0 Å². The van der Waals surface area contributed by atoms with E-state index in [0.29, 0.717) is 12.2 Å². The van der Waals surface area contributed by atoms with Crippen molar-refractivity contribution in [1.29, 1.82) is 5.41 Å². The van der Waals surface area contributed by atoms with Gasteiger partial charge in [-0.05, 0) is 48.7 Å². The number of hydroxylamine groups is 1. The fraction of sp³-hybridized carbons (Fsp3) is 0.240. The van der Waals surface area contributed by atoms with Crippen molar-refractivity contribution in [2.75, 3.05) is 17.9 Å². The Labute approximate surface area is 227 Å². The van der Waals surface area contributed by atoms with Crippen LogP contribution in [0.1, 0.15) is 22.4 Å². The Hall–Kier alpha value is -3.87. The van der Waals surface area contributed by atoms with Crippen LogP contribution in [0.3, 0.4) is 0 Å². The number of pyridine rings is 1. The summed E-state index contributed by atoms with van der Waals surface area (Å²) in [5.74, 6) is -0.457. The molecule has 0 aliphatic carbocycles. The molecule has 0 radical (unpaired) electrons. The van der Waals surface area contributed by atoms with Crippen molar-refractivity contribution >= 4 is 40.0 Å². The maximum Gasteiger partial charge on any atom is 0.272 e. The highest BCUT2D eigenvalue weighted by atomic mass is 35.5. The molecule has 0 atom stereocenters. The second kappa shape index (κ2) is 14.2. The number of guanidine groups is 1. The summed E-state index contributed by atoms with van der Waals surface area (Å²) in [4.78, 5) is 32.8. The Morgan fingerprint density at radius 1 is 1.03 bits per heavy atom. The molecule has 0 aliphatic heterocycles. The zero-order valence-corrected chi connectivity index (χ0v) is 22.6. The Kier molecular flexibility index (Phi) is 11.3. The smallest absolute Gasteiger partial charge is 0.272 e. The molecule has 3 aromatic rings. The molecule has 204 valence electrons. The first-order chi connectivity index (χ1) is 17.6. The number of benzene rings is 2. The summed E-state index contributed by atoms with van der Waals surface area (Å²) in [6.45, 7) is 4.06. The maximum atomic E-state index is 12.8. The minimum absolute atomic E-state index is 0. The van der Waals surface area contributed by atoms with Crippen molar-refractivity contribution in [3.05, 3.63) is 93.4 Å². The van der Waals surface area contributed by atoms with Gasteiger partial charge in [-0.15, -0.1) is 12.4 Å². The van der Waals surface area contributed by atoms with Crippen LogP contribution < -0.4 is 26.4 Å². The molecule has 6 N–H and O–H groups in total. The molecule has 1 amide bonds. The molecule has 1 heterocycles. The second-order valence-electron chi connectivity index (χ2n) is 8.30. The molecule has 2 aromatic carbocycles. The normalized spacial score (nSPS) is 10.7. The Morgan fingerprint density at radius 2 is 1.76 bits per heavy atom. The van der Waals surface area contributed by atoms with E-state index in [1.807, 2.05) is 30.3 Å². The molecule has 0 aliphatic rings. The van der Waals surface area contributed by atoms with Crippen LogP contribution >= 0.6 is 12.4 Å². The summed E-state index contributed by atoms with van der Waals surface area (Å²) >= 11 is 0. The quantitative estimate of drug-likeness (QED) is 0.0901. The predicted molar refractivity (Wildman–Crippen MR) is 148 cm³/mol. The lowest BCUT2D eigenvalue weighted by atomic mass is 10.1. The molecular weight excluding hydrogens is 532 g/mol. The first kappa shape index (κ1) is 30.4. The molecule has 0 fully saturated rings. The molecule has 1 aromatic heterocycles. The Bertz CT molecular complexity index is 1410. The van der Waals surface area contributed by atoms with Gasteiger partial charge in [0.2, 0.25) is 11.9 Å². The number of sulfonamides is 1. The van der Waals surface area contributed by atoms with E-state index < -0.39 is 21.5 Å². The number of aromatic amines is 1. The van der Waals surface area contributed by atoms with Crippen LogP contribution in [0, 0.1) is 19.3 Å². The van der Waals surface area contributed by atoms with Crippen LogP contribution in [-0.4, -0.2) is 38.4 Å². The molecule has 0 saturated carbocycles. The van der Waals surface area contributed by atoms with Gasteiger partial charge in [-0.2, -0.15) is 0 Å². The molecular formula is C25H31ClN6O5S. The number of halogens is 1. The topological polar surface area (TPSA) is 165 Å². The highest BCUT2D eigenvalue weighted by Gasteiger charge is 2.20. The van der Waals surface area contributed by atoms with Crippen LogP contribution in [0.25, 0.3) is 0 Å². The van der Waals surface area contributed by atoms with Crippen LogP contribution in [0.5, 0.6) is 0 Å². The lowest BCUT2D eigenvalue weighted by Crippen LogP contribution is -2.38. The zero-order valence-electron chi connectivity index (χ0n) is 21.0. The first-order valence-corrected chi connectivity index (χ1v) is 13.0. The predicted octanol–water partition coefficient (Wildman–Crippen LogP) is 2.12. The van der Waals surface area contributed by atoms with E-state index in [1.165, 1.54) is 12.1 Å². The van der Waals surface area contributed by atoms with Gasteiger partial charge in [-0.25, -0.2) is 13.9 Å². The molecule has 11 nitrogen and oxygen atoms in total. The fourth-order valence-corrected chi connectivity index (χ4v) is 4.62. The number of nitrogens with one attached hydrogen (secondary N) is 6. The van der Waals surface area contributed by atoms with Crippen molar-refractivity contribution in [2.24, 2.45) is 0 Å². The van der Waals surface area contributed by atoms with Crippen molar-refractivity contribution in [3.8, 4) is 0 Å². The third-order valence-electron chi connectivity index (χ3n) is 5.15. The van der Waals surface area contributed by atoms with Gasteiger partial charge in [0.25, 0.3) is 15.6 Å². The highest BCUT2D eigenvalue weighted by Crippen LogP contribution is 2.18. The molecule has 13 heteroatoms. The SMILES string of the molecule is Cc1cccc(S(=O)(=O)Nc2c(CC(=O)NCCONC(=N)NCc3ccccc3)cc(C)[nH]c2=O)c1.Cl. The molecule has 38 heavy (non-hydrogen) atoms. The van der Waals surface area contributed by atoms with E-state index in [0.717, 1.165) is 11.1 Å². The van der Waals surface area contributed by atoms with Crippen molar-refractivity contribution in [2.45, 2.75) is 31.7 Å². The summed E-state index contributed by atoms with van der Waals surface area (Å²) in [5.41, 5.74) is 4.07. The van der Waals surface area contributed by atoms with Crippen molar-refractivity contribution in [1.82, 2.24) is 21.1 Å². The lowest BCUT2D eigenvalue weighted by Gasteiger charge is -2.14. The van der Waals surface area contributed by atoms with Gasteiger partial charge < -0.3 is 15.6 Å². The number of hydrogen-bond donors (Lipinski definition) is 6. The molecule has 0 saturated heterocycles. The van der Waals surface area contributed by atoms with E-state index in [-0.39, 0.29) is 54.1 Å². The number of aromatic nitrogens is 1. The van der Waals surface area contributed by atoms with Gasteiger partial charge in [0.1, 0.15) is 5.69 Å². The van der Waals surface area contributed by atoms with Crippen LogP contribution in [0.15, 0.2) is 70.4 Å². The van der Waals surface area contributed by atoms with Gasteiger partial charge >= 0.3 is 0 Å². The van der Waals surface area contributed by atoms with Gasteiger partial charge in [-0.3, -0.25) is 24.6 Å². The lowest BCUT2D eigenvalue weighted by molar-refractivity contribution is -0.120. The second-order valence-corrected chi connectivity index (χ2v) is 9.98. The van der Waals surface area contributed by atoms with E-state index in [4.69, 9.17) is 10.2 Å². The number of amides is 1. The third-order valence-corrected chi connectivity index (χ3v) is 6.50. The highest BCUT2D eigenvalue weighted by molar-refractivity contribution is 7.92. The fourth-order valence-electron chi connectivity index (χ4n) is 3.41. The minimum Gasteiger partial charge on any atom is -0.353 e. The molecule has 0 unspecified atom stereocenters. The number of aryl methyl sites for hydroxylation is 2. The van der Waals surface area contributed by atoms with Gasteiger partial charge in [-0.1, -0.05) is 42.5 Å². The maximum absolute atomic E-state index is 12.8. The van der Waals surface area contributed by atoms with Crippen molar-refractivity contribution < 1.29 is 18.0 Å². The number of H-pyrrole nitrogens is 1. The van der Waals surface area contributed by atoms with Crippen molar-refractivity contribution in [3.63, 3.8) is 0 Å². The monoisotopic (exact) mass is 562 g/mol. The number of carbonyl (C=O) groups excluding carboxylic acids is 1. The average Bonchev–Trinajstić information content (AvgIpc) is 2.85. The Morgan fingerprint density at radius 3 is 2.47 bits per heavy atom. The minimum atomic E-state index is -4.04. The summed E-state index contributed by atoms with van der Waals surface area (Å²) in [6.07, 6.45) is -0.224. The molecule has 3 rings (SSSR count). The van der Waals surface area contributed by atoms with Crippen LogP contribution in [0.2, 0.25) is 0 Å². The van der Waals surface area contributed by atoms with Crippen LogP contribution in [-0.2, 0) is 32.6 Å². The first-order valence-electron chi connectivity index (χ1n) is 11.5. The number of carbonyl (C=O) groups is 1. The summed E-state index contributed by atoms with van der Waals surface area (Å²) in [6, 6.07) is 17.4. The summed E-state index contributed by atoms with van der Waals surface area (Å²) in [5, 5.41) is 13.3. The standard InChI is InChI=1S/C25H30N6O5S.ClH/c1-17-7-6-10-21(13-17)37(34,35)31-23-20(14-18(2)29-24(23)33)15-22(32)27-11-12-36-30-25(26)28-16-19-8-4-3-5-9-19;/h3-10,13-14,31H,11-12,15-16H2,1-2H3,(H,27,32)(H,29,33)(H3,26,28,30);1H. The third kappa shape index (κ3) is 9.21. The number of hydrogen-bond acceptors (Lipinski definition) is 6. The van der Waals surface area contributed by atoms with Gasteiger partial charge in [0.05, 0.1) is 17.9 Å². The summed E-state index contributed by atoms with van der Waals surface area (Å²) < 4.78 is 28.0. The molecule has 0 bridgehead atoms. The van der Waals surface area contributed by atoms with E-state index in [2.05, 4.69) is 25.8 Å². The van der Waals surface area contributed by atoms with Crippen LogP contribution in [0.4, 0.5) is 5.69 Å². The number of anilines is 1. The largest absolute Gasteiger partial charge is 0.353 e. The van der Waals surface area contributed by atoms with Gasteiger partial charge in [0.15, 0.2) is 0 Å². The summed E-state index contributed by atoms with van der Waals surface area (Å²) in [7, 11) is -4.04. The molecule has 0 spiro atoms. The van der Waals surface area contributed by atoms with E-state index in [1.54, 1.807) is 32.0 Å². The Balaban J connectivity index is 0.00000507. The number of rotatable bonds is 11. The van der Waals surface area contributed by atoms with Gasteiger partial charge in [0, 0.05) is 18.8 Å². The van der Waals surface area contributed by atoms with E-state index in [9.17, 15) is 18.0 Å². The average molecular weight is 563 g/mol. The zero-order chi connectivity index (χ0) is 26.8.